The first-order valence-electron chi connectivity index (χ1n) is 7.51. The molecular formula is C17H19NOS2. The van der Waals surface area contributed by atoms with Crippen molar-refractivity contribution in [3.63, 3.8) is 0 Å². The standard InChI is InChI=1S/C17H19NOS2/c18-17(16-9-12-10-20-7-6-15(12)21-16)11-2-1-3-14(8-11)19-13-4-5-13/h1-3,8-9,13,17H,4-7,10,18H2. The van der Waals surface area contributed by atoms with E-state index >= 15 is 0 Å². The number of rotatable bonds is 4. The molecule has 2 heterocycles. The van der Waals surface area contributed by atoms with E-state index in [0.29, 0.717) is 6.10 Å². The second-order valence-corrected chi connectivity index (χ2v) is 8.04. The molecular weight excluding hydrogens is 298 g/mol. The number of nitrogens with two attached hydrogens (primary N) is 1. The van der Waals surface area contributed by atoms with E-state index in [2.05, 4.69) is 24.3 Å². The van der Waals surface area contributed by atoms with Crippen LogP contribution in [0.2, 0.25) is 0 Å². The highest BCUT2D eigenvalue weighted by Gasteiger charge is 2.24. The van der Waals surface area contributed by atoms with E-state index in [1.165, 1.54) is 40.3 Å². The molecule has 1 aliphatic carbocycles. The summed E-state index contributed by atoms with van der Waals surface area (Å²) in [5.41, 5.74) is 9.14. The molecule has 2 aromatic rings. The van der Waals surface area contributed by atoms with E-state index in [-0.39, 0.29) is 6.04 Å². The Morgan fingerprint density at radius 2 is 2.14 bits per heavy atom. The summed E-state index contributed by atoms with van der Waals surface area (Å²) in [5.74, 6) is 3.35. The lowest BCUT2D eigenvalue weighted by Gasteiger charge is -2.12. The first-order valence-corrected chi connectivity index (χ1v) is 9.48. The first-order chi connectivity index (χ1) is 10.3. The van der Waals surface area contributed by atoms with Gasteiger partial charge in [-0.15, -0.1) is 11.3 Å². The Morgan fingerprint density at radius 1 is 1.24 bits per heavy atom. The second kappa shape index (κ2) is 5.67. The topological polar surface area (TPSA) is 35.2 Å². The predicted molar refractivity (Wildman–Crippen MR) is 90.3 cm³/mol. The van der Waals surface area contributed by atoms with Gasteiger partial charge in [0.05, 0.1) is 12.1 Å². The summed E-state index contributed by atoms with van der Waals surface area (Å²) in [6, 6.07) is 10.6. The van der Waals surface area contributed by atoms with Gasteiger partial charge in [0.15, 0.2) is 0 Å². The van der Waals surface area contributed by atoms with Crippen LogP contribution in [0, 0.1) is 0 Å². The van der Waals surface area contributed by atoms with Crippen molar-refractivity contribution < 1.29 is 4.74 Å². The second-order valence-electron chi connectivity index (χ2n) is 5.77. The van der Waals surface area contributed by atoms with Crippen molar-refractivity contribution in [1.82, 2.24) is 0 Å². The molecule has 0 spiro atoms. The molecule has 0 saturated heterocycles. The lowest BCUT2D eigenvalue weighted by Crippen LogP contribution is -2.10. The fourth-order valence-electron chi connectivity index (χ4n) is 2.65. The summed E-state index contributed by atoms with van der Waals surface area (Å²) in [7, 11) is 0. The van der Waals surface area contributed by atoms with Crippen molar-refractivity contribution in [1.29, 1.82) is 0 Å². The molecule has 110 valence electrons. The molecule has 1 fully saturated rings. The minimum absolute atomic E-state index is 0.0339. The van der Waals surface area contributed by atoms with Gasteiger partial charge in [-0.2, -0.15) is 11.8 Å². The van der Waals surface area contributed by atoms with Gasteiger partial charge in [-0.3, -0.25) is 0 Å². The fraction of sp³-hybridized carbons (Fsp3) is 0.412. The van der Waals surface area contributed by atoms with Gasteiger partial charge in [-0.25, -0.2) is 0 Å². The quantitative estimate of drug-likeness (QED) is 0.921. The molecule has 1 aliphatic heterocycles. The van der Waals surface area contributed by atoms with Crippen LogP contribution in [0.5, 0.6) is 5.75 Å². The third kappa shape index (κ3) is 2.98. The molecule has 0 amide bonds. The Balaban J connectivity index is 1.58. The third-order valence-corrected chi connectivity index (χ3v) is 6.33. The minimum Gasteiger partial charge on any atom is -0.490 e. The highest BCUT2D eigenvalue weighted by Crippen LogP contribution is 2.36. The van der Waals surface area contributed by atoms with Crippen molar-refractivity contribution in [2.24, 2.45) is 5.73 Å². The largest absolute Gasteiger partial charge is 0.490 e. The lowest BCUT2D eigenvalue weighted by molar-refractivity contribution is 0.303. The van der Waals surface area contributed by atoms with Crippen molar-refractivity contribution in [2.45, 2.75) is 37.2 Å². The first kappa shape index (κ1) is 13.7. The average Bonchev–Trinajstić information content (AvgIpc) is 3.21. The van der Waals surface area contributed by atoms with Crippen molar-refractivity contribution in [2.75, 3.05) is 5.75 Å². The van der Waals surface area contributed by atoms with E-state index in [1.54, 1.807) is 0 Å². The molecule has 1 aromatic heterocycles. The van der Waals surface area contributed by atoms with E-state index < -0.39 is 0 Å². The van der Waals surface area contributed by atoms with Gasteiger partial charge in [-0.1, -0.05) is 12.1 Å². The number of aryl methyl sites for hydroxylation is 1. The van der Waals surface area contributed by atoms with Gasteiger partial charge in [0.25, 0.3) is 0 Å². The Labute approximate surface area is 133 Å². The minimum atomic E-state index is -0.0339. The van der Waals surface area contributed by atoms with E-state index in [0.717, 1.165) is 17.1 Å². The zero-order valence-corrected chi connectivity index (χ0v) is 13.5. The van der Waals surface area contributed by atoms with Crippen LogP contribution >= 0.6 is 23.1 Å². The highest BCUT2D eigenvalue weighted by molar-refractivity contribution is 7.98. The van der Waals surface area contributed by atoms with Gasteiger partial charge in [0, 0.05) is 15.5 Å². The molecule has 1 unspecified atom stereocenters. The smallest absolute Gasteiger partial charge is 0.120 e. The third-order valence-electron chi connectivity index (χ3n) is 4.00. The maximum Gasteiger partial charge on any atom is 0.120 e. The van der Waals surface area contributed by atoms with E-state index in [4.69, 9.17) is 10.5 Å². The summed E-state index contributed by atoms with van der Waals surface area (Å²) < 4.78 is 5.88. The molecule has 2 nitrogen and oxygen atoms in total. The molecule has 1 aromatic carbocycles. The molecule has 21 heavy (non-hydrogen) atoms. The molecule has 0 radical (unpaired) electrons. The van der Waals surface area contributed by atoms with Crippen LogP contribution in [-0.4, -0.2) is 11.9 Å². The predicted octanol–water partition coefficient (Wildman–Crippen LogP) is 4.13. The molecule has 2 aliphatic rings. The van der Waals surface area contributed by atoms with Crippen LogP contribution in [0.1, 0.15) is 39.8 Å². The number of fused-ring (bicyclic) bond motifs is 1. The molecule has 1 saturated carbocycles. The van der Waals surface area contributed by atoms with Crippen molar-refractivity contribution in [3.05, 3.63) is 51.2 Å². The van der Waals surface area contributed by atoms with Gasteiger partial charge in [-0.05, 0) is 54.3 Å². The van der Waals surface area contributed by atoms with Crippen LogP contribution in [0.15, 0.2) is 30.3 Å². The number of thioether (sulfide) groups is 1. The molecule has 1 atom stereocenters. The van der Waals surface area contributed by atoms with Crippen LogP contribution in [0.4, 0.5) is 0 Å². The Bertz CT molecular complexity index is 624. The average molecular weight is 317 g/mol. The van der Waals surface area contributed by atoms with Crippen LogP contribution in [0.3, 0.4) is 0 Å². The van der Waals surface area contributed by atoms with Crippen molar-refractivity contribution >= 4 is 23.1 Å². The van der Waals surface area contributed by atoms with Gasteiger partial charge < -0.3 is 10.5 Å². The van der Waals surface area contributed by atoms with Crippen LogP contribution in [0.25, 0.3) is 0 Å². The van der Waals surface area contributed by atoms with Crippen LogP contribution < -0.4 is 10.5 Å². The lowest BCUT2D eigenvalue weighted by atomic mass is 10.1. The van der Waals surface area contributed by atoms with E-state index in [9.17, 15) is 0 Å². The van der Waals surface area contributed by atoms with Crippen LogP contribution in [-0.2, 0) is 12.2 Å². The molecule has 4 rings (SSSR count). The molecule has 0 bridgehead atoms. The number of thiophene rings is 1. The molecule has 4 heteroatoms. The summed E-state index contributed by atoms with van der Waals surface area (Å²) in [4.78, 5) is 2.82. The van der Waals surface area contributed by atoms with Crippen molar-refractivity contribution in [3.8, 4) is 5.75 Å². The Kier molecular flexibility index (Phi) is 3.69. The van der Waals surface area contributed by atoms with E-state index in [1.807, 2.05) is 29.2 Å². The highest BCUT2D eigenvalue weighted by atomic mass is 32.2. The zero-order valence-electron chi connectivity index (χ0n) is 11.9. The Morgan fingerprint density at radius 3 is 2.95 bits per heavy atom. The monoisotopic (exact) mass is 317 g/mol. The van der Waals surface area contributed by atoms with Gasteiger partial charge in [0.1, 0.15) is 5.75 Å². The van der Waals surface area contributed by atoms with Gasteiger partial charge >= 0.3 is 0 Å². The maximum atomic E-state index is 6.49. The number of hydrogen-bond donors (Lipinski definition) is 1. The summed E-state index contributed by atoms with van der Waals surface area (Å²) in [6.45, 7) is 0. The zero-order chi connectivity index (χ0) is 14.2. The normalized spacial score (nSPS) is 19.1. The summed E-state index contributed by atoms with van der Waals surface area (Å²) in [5, 5.41) is 0. The SMILES string of the molecule is NC(c1cccc(OC2CC2)c1)c1cc2c(s1)CCSC2. The maximum absolute atomic E-state index is 6.49. The number of hydrogen-bond acceptors (Lipinski definition) is 4. The number of benzene rings is 1. The Hall–Kier alpha value is -0.970. The van der Waals surface area contributed by atoms with Gasteiger partial charge in [0.2, 0.25) is 0 Å². The number of ether oxygens (including phenoxy) is 1. The summed E-state index contributed by atoms with van der Waals surface area (Å²) in [6.07, 6.45) is 4.00. The molecule has 2 N–H and O–H groups in total. The fourth-order valence-corrected chi connectivity index (χ4v) is 5.05. The summed E-state index contributed by atoms with van der Waals surface area (Å²) >= 11 is 3.91.